The monoisotopic (exact) mass is 289 g/mol. The van der Waals surface area contributed by atoms with Crippen molar-refractivity contribution in [1.29, 1.82) is 0 Å². The van der Waals surface area contributed by atoms with Crippen LogP contribution >= 0.6 is 11.3 Å². The smallest absolute Gasteiger partial charge is 0.252 e. The number of carbonyl (C=O) groups is 2. The molecule has 1 N–H and O–H groups in total. The number of rotatable bonds is 1. The van der Waals surface area contributed by atoms with E-state index >= 15 is 0 Å². The Labute approximate surface area is 120 Å². The van der Waals surface area contributed by atoms with Gasteiger partial charge in [-0.1, -0.05) is 0 Å². The Hall–Kier alpha value is -1.95. The van der Waals surface area contributed by atoms with Crippen LogP contribution in [0.2, 0.25) is 0 Å². The van der Waals surface area contributed by atoms with Crippen LogP contribution in [0, 0.1) is 0 Å². The number of hydrogen-bond acceptors (Lipinski definition) is 4. The van der Waals surface area contributed by atoms with Gasteiger partial charge in [0.1, 0.15) is 5.54 Å². The third-order valence-electron chi connectivity index (χ3n) is 3.42. The summed E-state index contributed by atoms with van der Waals surface area (Å²) in [7, 11) is 0. The summed E-state index contributed by atoms with van der Waals surface area (Å²) < 4.78 is 1.04. The van der Waals surface area contributed by atoms with Crippen molar-refractivity contribution >= 4 is 39.1 Å². The second-order valence-corrected chi connectivity index (χ2v) is 6.27. The number of fused-ring (bicyclic) bond motifs is 1. The van der Waals surface area contributed by atoms with E-state index in [0.29, 0.717) is 13.0 Å². The van der Waals surface area contributed by atoms with Crippen molar-refractivity contribution in [2.45, 2.75) is 25.8 Å². The van der Waals surface area contributed by atoms with Crippen molar-refractivity contribution in [2.75, 3.05) is 11.4 Å². The van der Waals surface area contributed by atoms with Crippen molar-refractivity contribution in [3.63, 3.8) is 0 Å². The van der Waals surface area contributed by atoms with Gasteiger partial charge in [0.15, 0.2) is 0 Å². The highest BCUT2D eigenvalue weighted by molar-refractivity contribution is 7.16. The van der Waals surface area contributed by atoms with Gasteiger partial charge in [0.2, 0.25) is 5.91 Å². The van der Waals surface area contributed by atoms with Crippen LogP contribution in [0.5, 0.6) is 0 Å². The van der Waals surface area contributed by atoms with Crippen LogP contribution < -0.4 is 10.2 Å². The van der Waals surface area contributed by atoms with Crippen LogP contribution in [-0.2, 0) is 9.59 Å². The molecule has 5 nitrogen and oxygen atoms in total. The van der Waals surface area contributed by atoms with Crippen LogP contribution in [0.4, 0.5) is 5.69 Å². The molecule has 1 aliphatic heterocycles. The summed E-state index contributed by atoms with van der Waals surface area (Å²) >= 11 is 1.54. The molecule has 2 aromatic rings. The molecule has 0 saturated carbocycles. The maximum atomic E-state index is 12.6. The fourth-order valence-electron chi connectivity index (χ4n) is 2.37. The summed E-state index contributed by atoms with van der Waals surface area (Å²) in [6, 6.07) is 5.74. The number of anilines is 1. The fourth-order valence-corrected chi connectivity index (χ4v) is 3.08. The van der Waals surface area contributed by atoms with Gasteiger partial charge in [0.05, 0.1) is 15.7 Å². The van der Waals surface area contributed by atoms with Gasteiger partial charge in [-0.2, -0.15) is 0 Å². The Morgan fingerprint density at radius 2 is 2.15 bits per heavy atom. The molecule has 1 fully saturated rings. The lowest BCUT2D eigenvalue weighted by molar-refractivity contribution is -0.128. The first-order valence-electron chi connectivity index (χ1n) is 6.43. The molecule has 0 aliphatic carbocycles. The zero-order chi connectivity index (χ0) is 14.3. The third kappa shape index (κ3) is 2.16. The summed E-state index contributed by atoms with van der Waals surface area (Å²) in [4.78, 5) is 30.2. The maximum Gasteiger partial charge on any atom is 0.252 e. The van der Waals surface area contributed by atoms with E-state index in [1.165, 1.54) is 0 Å². The van der Waals surface area contributed by atoms with Gasteiger partial charge < -0.3 is 10.2 Å². The van der Waals surface area contributed by atoms with Crippen LogP contribution in [0.15, 0.2) is 23.7 Å². The molecule has 0 atom stereocenters. The molecule has 2 amide bonds. The molecule has 0 unspecified atom stereocenters. The molecule has 1 aromatic carbocycles. The van der Waals surface area contributed by atoms with Crippen molar-refractivity contribution in [3.05, 3.63) is 23.7 Å². The lowest BCUT2D eigenvalue weighted by Crippen LogP contribution is -2.53. The van der Waals surface area contributed by atoms with E-state index in [1.54, 1.807) is 35.6 Å². The lowest BCUT2D eigenvalue weighted by atomic mass is 10.0. The van der Waals surface area contributed by atoms with Crippen molar-refractivity contribution in [2.24, 2.45) is 0 Å². The van der Waals surface area contributed by atoms with Gasteiger partial charge in [-0.05, 0) is 32.0 Å². The highest BCUT2D eigenvalue weighted by Gasteiger charge is 2.37. The number of amides is 2. The molecular formula is C14H15N3O2S. The molecule has 3 rings (SSSR count). The van der Waals surface area contributed by atoms with E-state index in [4.69, 9.17) is 0 Å². The summed E-state index contributed by atoms with van der Waals surface area (Å²) in [5.74, 6) is -0.183. The predicted molar refractivity (Wildman–Crippen MR) is 78.8 cm³/mol. The number of benzene rings is 1. The van der Waals surface area contributed by atoms with Crippen molar-refractivity contribution < 1.29 is 9.59 Å². The normalized spacial score (nSPS) is 19.0. The molecule has 0 spiro atoms. The second kappa shape index (κ2) is 4.56. The Bertz CT molecular complexity index is 693. The summed E-state index contributed by atoms with van der Waals surface area (Å²) in [6.07, 6.45) is 0.315. The van der Waals surface area contributed by atoms with Gasteiger partial charge >= 0.3 is 0 Å². The molecule has 6 heteroatoms. The number of nitrogens with one attached hydrogen (secondary N) is 1. The molecule has 1 aliphatic rings. The minimum atomic E-state index is -0.879. The quantitative estimate of drug-likeness (QED) is 0.872. The minimum Gasteiger partial charge on any atom is -0.342 e. The largest absolute Gasteiger partial charge is 0.342 e. The van der Waals surface area contributed by atoms with E-state index in [9.17, 15) is 9.59 Å². The molecule has 1 saturated heterocycles. The summed E-state index contributed by atoms with van der Waals surface area (Å²) in [5, 5.41) is 2.76. The highest BCUT2D eigenvalue weighted by atomic mass is 32.1. The first-order chi connectivity index (χ1) is 9.47. The average molecular weight is 289 g/mol. The Morgan fingerprint density at radius 1 is 1.35 bits per heavy atom. The summed E-state index contributed by atoms with van der Waals surface area (Å²) in [5.41, 5.74) is 2.65. The van der Waals surface area contributed by atoms with E-state index in [1.807, 2.05) is 18.2 Å². The van der Waals surface area contributed by atoms with E-state index in [2.05, 4.69) is 10.3 Å². The van der Waals surface area contributed by atoms with E-state index < -0.39 is 5.54 Å². The third-order valence-corrected chi connectivity index (χ3v) is 4.21. The Balaban J connectivity index is 2.02. The Morgan fingerprint density at radius 3 is 2.95 bits per heavy atom. The van der Waals surface area contributed by atoms with Crippen molar-refractivity contribution in [3.8, 4) is 0 Å². The fraction of sp³-hybridized carbons (Fsp3) is 0.357. The number of hydrogen-bond donors (Lipinski definition) is 1. The maximum absolute atomic E-state index is 12.6. The zero-order valence-corrected chi connectivity index (χ0v) is 12.2. The van der Waals surface area contributed by atoms with Crippen LogP contribution in [0.1, 0.15) is 20.3 Å². The van der Waals surface area contributed by atoms with Gasteiger partial charge in [-0.3, -0.25) is 9.59 Å². The molecular weight excluding hydrogens is 274 g/mol. The van der Waals surface area contributed by atoms with Crippen molar-refractivity contribution in [1.82, 2.24) is 10.3 Å². The predicted octanol–water partition coefficient (Wildman–Crippen LogP) is 1.93. The molecule has 0 radical (unpaired) electrons. The highest BCUT2D eigenvalue weighted by Crippen LogP contribution is 2.27. The van der Waals surface area contributed by atoms with Crippen LogP contribution in [-0.4, -0.2) is 28.9 Å². The topological polar surface area (TPSA) is 62.3 Å². The molecule has 2 heterocycles. The molecule has 20 heavy (non-hydrogen) atoms. The standard InChI is InChI=1S/C14H15N3O2S/c1-14(2)13(19)17(6-5-12(18)16-14)9-3-4-10-11(7-9)20-8-15-10/h3-4,7-8H,5-6H2,1-2H3,(H,16,18). The number of thiazole rings is 1. The lowest BCUT2D eigenvalue weighted by Gasteiger charge is -2.28. The van der Waals surface area contributed by atoms with Gasteiger partial charge in [-0.15, -0.1) is 11.3 Å². The number of aromatic nitrogens is 1. The first-order valence-corrected chi connectivity index (χ1v) is 7.31. The molecule has 1 aromatic heterocycles. The Kier molecular flexibility index (Phi) is 2.97. The van der Waals surface area contributed by atoms with Gasteiger partial charge in [0, 0.05) is 18.7 Å². The zero-order valence-electron chi connectivity index (χ0n) is 11.3. The van der Waals surface area contributed by atoms with Gasteiger partial charge in [-0.25, -0.2) is 4.98 Å². The van der Waals surface area contributed by atoms with E-state index in [0.717, 1.165) is 15.9 Å². The number of nitrogens with zero attached hydrogens (tertiary/aromatic N) is 2. The van der Waals surface area contributed by atoms with E-state index in [-0.39, 0.29) is 11.8 Å². The second-order valence-electron chi connectivity index (χ2n) is 5.38. The van der Waals surface area contributed by atoms with Gasteiger partial charge in [0.25, 0.3) is 5.91 Å². The first kappa shape index (κ1) is 13.1. The number of carbonyl (C=O) groups excluding carboxylic acids is 2. The van der Waals surface area contributed by atoms with Crippen LogP contribution in [0.25, 0.3) is 10.2 Å². The molecule has 104 valence electrons. The average Bonchev–Trinajstić information content (AvgIpc) is 2.81. The molecule has 0 bridgehead atoms. The minimum absolute atomic E-state index is 0.0905. The van der Waals surface area contributed by atoms with Crippen LogP contribution in [0.3, 0.4) is 0 Å². The summed E-state index contributed by atoms with van der Waals surface area (Å²) in [6.45, 7) is 3.87. The SMILES string of the molecule is CC1(C)NC(=O)CCN(c2ccc3ncsc3c2)C1=O.